The number of hydrogen-bond acceptors (Lipinski definition) is 6. The minimum atomic E-state index is -1.13. The molecule has 0 bridgehead atoms. The van der Waals surface area contributed by atoms with Gasteiger partial charge in [-0.25, -0.2) is 14.5 Å². The summed E-state index contributed by atoms with van der Waals surface area (Å²) in [6.07, 6.45) is -1.65. The summed E-state index contributed by atoms with van der Waals surface area (Å²) < 4.78 is 10.9. The third kappa shape index (κ3) is 4.84. The van der Waals surface area contributed by atoms with Crippen LogP contribution in [0, 0.1) is 5.92 Å². The van der Waals surface area contributed by atoms with E-state index in [1.165, 1.54) is 4.90 Å². The number of benzene rings is 1. The van der Waals surface area contributed by atoms with E-state index in [0.717, 1.165) is 10.5 Å². The van der Waals surface area contributed by atoms with Gasteiger partial charge < -0.3 is 19.5 Å². The molecule has 0 aliphatic carbocycles. The van der Waals surface area contributed by atoms with Gasteiger partial charge in [-0.15, -0.1) is 0 Å². The number of carbonyl (C=O) groups is 3. The summed E-state index contributed by atoms with van der Waals surface area (Å²) in [5, 5.41) is 11.0. The fourth-order valence-corrected chi connectivity index (χ4v) is 4.24. The van der Waals surface area contributed by atoms with Crippen molar-refractivity contribution in [3.8, 4) is 0 Å². The summed E-state index contributed by atoms with van der Waals surface area (Å²) in [5.41, 5.74) is 0.149. The van der Waals surface area contributed by atoms with Gasteiger partial charge in [0.05, 0.1) is 24.1 Å². The fraction of sp³-hybridized carbons (Fsp3) is 0.609. The van der Waals surface area contributed by atoms with Gasteiger partial charge in [-0.05, 0) is 46.1 Å². The zero-order valence-corrected chi connectivity index (χ0v) is 18.8. The van der Waals surface area contributed by atoms with Crippen LogP contribution in [-0.4, -0.2) is 63.3 Å². The molecule has 5 atom stereocenters. The number of nitrogens with zero attached hydrogens (tertiary/aromatic N) is 2. The van der Waals surface area contributed by atoms with Crippen LogP contribution in [0.5, 0.6) is 0 Å². The zero-order chi connectivity index (χ0) is 22.9. The molecular formula is C23H32N2O6. The Hall–Kier alpha value is -2.61. The van der Waals surface area contributed by atoms with Gasteiger partial charge in [0.15, 0.2) is 0 Å². The van der Waals surface area contributed by atoms with Crippen molar-refractivity contribution in [2.24, 2.45) is 5.92 Å². The third-order valence-electron chi connectivity index (χ3n) is 5.86. The van der Waals surface area contributed by atoms with Gasteiger partial charge in [0.2, 0.25) is 5.91 Å². The van der Waals surface area contributed by atoms with Crippen LogP contribution in [0.25, 0.3) is 0 Å². The summed E-state index contributed by atoms with van der Waals surface area (Å²) in [6, 6.07) is 8.19. The van der Waals surface area contributed by atoms with Crippen molar-refractivity contribution < 1.29 is 29.0 Å². The molecule has 170 valence electrons. The lowest BCUT2D eigenvalue weighted by atomic mass is 9.94. The van der Waals surface area contributed by atoms with Gasteiger partial charge in [-0.3, -0.25) is 4.79 Å². The molecule has 2 aliphatic heterocycles. The van der Waals surface area contributed by atoms with E-state index in [-0.39, 0.29) is 0 Å². The number of likely N-dealkylation sites (tertiary alicyclic amines) is 1. The molecule has 1 aromatic rings. The van der Waals surface area contributed by atoms with E-state index in [2.05, 4.69) is 0 Å². The predicted molar refractivity (Wildman–Crippen MR) is 113 cm³/mol. The normalized spacial score (nSPS) is 25.9. The first-order valence-corrected chi connectivity index (χ1v) is 10.8. The van der Waals surface area contributed by atoms with E-state index < -0.39 is 53.9 Å². The molecule has 3 amide bonds. The van der Waals surface area contributed by atoms with Crippen LogP contribution in [-0.2, 0) is 14.3 Å². The van der Waals surface area contributed by atoms with E-state index in [1.54, 1.807) is 34.6 Å². The molecule has 0 saturated carbocycles. The molecule has 2 fully saturated rings. The van der Waals surface area contributed by atoms with Crippen molar-refractivity contribution in [2.75, 3.05) is 6.54 Å². The minimum Gasteiger partial charge on any atom is -0.444 e. The van der Waals surface area contributed by atoms with Crippen molar-refractivity contribution in [1.82, 2.24) is 9.80 Å². The number of ether oxygens (including phenoxy) is 2. The molecule has 0 aromatic heterocycles. The molecule has 8 nitrogen and oxygen atoms in total. The third-order valence-corrected chi connectivity index (χ3v) is 5.86. The Labute approximate surface area is 183 Å². The van der Waals surface area contributed by atoms with Crippen LogP contribution in [0.15, 0.2) is 30.3 Å². The highest BCUT2D eigenvalue weighted by Crippen LogP contribution is 2.34. The maximum absolute atomic E-state index is 13.2. The molecular weight excluding hydrogens is 400 g/mol. The van der Waals surface area contributed by atoms with Crippen molar-refractivity contribution in [1.29, 1.82) is 0 Å². The topological polar surface area (TPSA) is 96.4 Å². The number of imide groups is 1. The Morgan fingerprint density at radius 1 is 1.23 bits per heavy atom. The molecule has 2 heterocycles. The van der Waals surface area contributed by atoms with Crippen LogP contribution in [0.1, 0.15) is 59.1 Å². The van der Waals surface area contributed by atoms with E-state index in [4.69, 9.17) is 9.47 Å². The second kappa shape index (κ2) is 8.86. The van der Waals surface area contributed by atoms with Gasteiger partial charge in [0, 0.05) is 6.54 Å². The first kappa shape index (κ1) is 23.1. The van der Waals surface area contributed by atoms with Gasteiger partial charge >= 0.3 is 12.2 Å². The van der Waals surface area contributed by atoms with Crippen LogP contribution < -0.4 is 0 Å². The number of hydrogen-bond donors (Lipinski definition) is 1. The van der Waals surface area contributed by atoms with Crippen molar-refractivity contribution in [2.45, 2.75) is 77.4 Å². The maximum atomic E-state index is 13.2. The van der Waals surface area contributed by atoms with Crippen molar-refractivity contribution >= 4 is 18.1 Å². The monoisotopic (exact) mass is 432 g/mol. The first-order valence-electron chi connectivity index (χ1n) is 10.8. The Balaban J connectivity index is 1.71. The van der Waals surface area contributed by atoms with Crippen LogP contribution >= 0.6 is 0 Å². The Kier molecular flexibility index (Phi) is 6.59. The number of cyclic esters (lactones) is 1. The molecule has 1 N–H and O–H groups in total. The number of carbonyl (C=O) groups excluding carboxylic acids is 3. The number of amides is 3. The van der Waals surface area contributed by atoms with Crippen LogP contribution in [0.4, 0.5) is 9.59 Å². The molecule has 31 heavy (non-hydrogen) atoms. The summed E-state index contributed by atoms with van der Waals surface area (Å²) in [6.45, 7) is 9.12. The Bertz CT molecular complexity index is 821. The second-order valence-corrected chi connectivity index (χ2v) is 9.33. The molecule has 0 radical (unpaired) electrons. The van der Waals surface area contributed by atoms with Crippen molar-refractivity contribution in [3.63, 3.8) is 0 Å². The second-order valence-electron chi connectivity index (χ2n) is 9.33. The highest BCUT2D eigenvalue weighted by molar-refractivity contribution is 5.95. The number of aliphatic hydroxyl groups is 1. The lowest BCUT2D eigenvalue weighted by molar-refractivity contribution is -0.137. The maximum Gasteiger partial charge on any atom is 0.417 e. The highest BCUT2D eigenvalue weighted by atomic mass is 16.6. The molecule has 2 saturated heterocycles. The Morgan fingerprint density at radius 2 is 1.87 bits per heavy atom. The standard InChI is InChI=1S/C23H32N2O6/c1-14(18(26)17-12-9-13-24(17)21(28)31-23(3,4)5)20(27)25-15(2)19(30-22(25)29)16-10-7-6-8-11-16/h6-8,10-11,14-15,17-19,26H,9,12-13H2,1-5H3/t14-,15-,17+,18?,19-/m1/s1. The lowest BCUT2D eigenvalue weighted by Gasteiger charge is -2.34. The first-order chi connectivity index (χ1) is 14.5. The van der Waals surface area contributed by atoms with E-state index >= 15 is 0 Å². The van der Waals surface area contributed by atoms with E-state index in [0.29, 0.717) is 19.4 Å². The van der Waals surface area contributed by atoms with Crippen LogP contribution in [0.2, 0.25) is 0 Å². The minimum absolute atomic E-state index is 0.454. The van der Waals surface area contributed by atoms with E-state index in [1.807, 2.05) is 30.3 Å². The number of aliphatic hydroxyl groups excluding tert-OH is 1. The largest absolute Gasteiger partial charge is 0.444 e. The summed E-state index contributed by atoms with van der Waals surface area (Å²) >= 11 is 0. The molecule has 2 aliphatic rings. The Morgan fingerprint density at radius 3 is 2.48 bits per heavy atom. The van der Waals surface area contributed by atoms with Gasteiger partial charge in [0.25, 0.3) is 0 Å². The van der Waals surface area contributed by atoms with Gasteiger partial charge in [-0.1, -0.05) is 37.3 Å². The zero-order valence-electron chi connectivity index (χ0n) is 18.8. The van der Waals surface area contributed by atoms with Crippen molar-refractivity contribution in [3.05, 3.63) is 35.9 Å². The molecule has 3 rings (SSSR count). The van der Waals surface area contributed by atoms with Crippen LogP contribution in [0.3, 0.4) is 0 Å². The molecule has 1 aromatic carbocycles. The lowest BCUT2D eigenvalue weighted by Crippen LogP contribution is -2.51. The highest BCUT2D eigenvalue weighted by Gasteiger charge is 2.47. The van der Waals surface area contributed by atoms with E-state index in [9.17, 15) is 19.5 Å². The van der Waals surface area contributed by atoms with Gasteiger partial charge in [0.1, 0.15) is 11.7 Å². The quantitative estimate of drug-likeness (QED) is 0.782. The number of rotatable bonds is 4. The smallest absolute Gasteiger partial charge is 0.417 e. The molecule has 8 heteroatoms. The SMILES string of the molecule is C[C@@H]1[C@H](c2ccccc2)OC(=O)N1C(=O)[C@H](C)C(O)[C@@H]1CCCN1C(=O)OC(C)(C)C. The summed E-state index contributed by atoms with van der Waals surface area (Å²) in [4.78, 5) is 40.8. The predicted octanol–water partition coefficient (Wildman–Crippen LogP) is 3.49. The van der Waals surface area contributed by atoms with Gasteiger partial charge in [-0.2, -0.15) is 0 Å². The fourth-order valence-electron chi connectivity index (χ4n) is 4.24. The average molecular weight is 433 g/mol. The molecule has 0 spiro atoms. The molecule has 1 unspecified atom stereocenters. The average Bonchev–Trinajstić information content (AvgIpc) is 3.30. The summed E-state index contributed by atoms with van der Waals surface area (Å²) in [5.74, 6) is -1.41. The summed E-state index contributed by atoms with van der Waals surface area (Å²) in [7, 11) is 0.